The lowest BCUT2D eigenvalue weighted by molar-refractivity contribution is -0.384. The summed E-state index contributed by atoms with van der Waals surface area (Å²) in [5, 5.41) is 13.7. The van der Waals surface area contributed by atoms with Gasteiger partial charge in [-0.15, -0.1) is 0 Å². The van der Waals surface area contributed by atoms with Crippen molar-refractivity contribution in [2.75, 3.05) is 11.9 Å². The molecule has 4 rings (SSSR count). The Balaban J connectivity index is 1.50. The molecule has 8 nitrogen and oxygen atoms in total. The topological polar surface area (TPSA) is 108 Å². The molecule has 156 valence electrons. The first-order chi connectivity index (χ1) is 14.9. The Bertz CT molecular complexity index is 1140. The Morgan fingerprint density at radius 1 is 1.03 bits per heavy atom. The van der Waals surface area contributed by atoms with Gasteiger partial charge < -0.3 is 14.8 Å². The van der Waals surface area contributed by atoms with Gasteiger partial charge in [-0.3, -0.25) is 19.7 Å². The van der Waals surface area contributed by atoms with Gasteiger partial charge in [0.05, 0.1) is 4.92 Å². The van der Waals surface area contributed by atoms with Crippen LogP contribution in [0.25, 0.3) is 0 Å². The standard InChI is InChI=1S/C23H18N2O6/c1-14-10-11-17(18(12-14)25(28)29)24-21(26)13-30-23(27)22-15-6-2-4-8-19(15)31-20-9-5-3-7-16(20)22/h2-12,22H,13H2,1H3,(H,24,26). The van der Waals surface area contributed by atoms with Gasteiger partial charge in [-0.2, -0.15) is 0 Å². The Hall–Kier alpha value is -4.20. The van der Waals surface area contributed by atoms with Crippen LogP contribution in [0.2, 0.25) is 0 Å². The van der Waals surface area contributed by atoms with Gasteiger partial charge in [-0.1, -0.05) is 42.5 Å². The highest BCUT2D eigenvalue weighted by atomic mass is 16.6. The fourth-order valence-electron chi connectivity index (χ4n) is 3.47. The number of aryl methyl sites for hydroxylation is 1. The smallest absolute Gasteiger partial charge is 0.318 e. The van der Waals surface area contributed by atoms with Gasteiger partial charge in [0.15, 0.2) is 6.61 Å². The predicted molar refractivity (Wildman–Crippen MR) is 112 cm³/mol. The van der Waals surface area contributed by atoms with Crippen LogP contribution in [0, 0.1) is 17.0 Å². The molecule has 8 heteroatoms. The van der Waals surface area contributed by atoms with Crippen LogP contribution in [0.4, 0.5) is 11.4 Å². The van der Waals surface area contributed by atoms with Gasteiger partial charge in [0, 0.05) is 17.2 Å². The molecule has 1 heterocycles. The largest absolute Gasteiger partial charge is 0.457 e. The first kappa shape index (κ1) is 20.1. The average molecular weight is 418 g/mol. The second-order valence-electron chi connectivity index (χ2n) is 7.04. The highest BCUT2D eigenvalue weighted by Crippen LogP contribution is 2.44. The van der Waals surface area contributed by atoms with E-state index in [1.807, 2.05) is 0 Å². The molecule has 0 saturated heterocycles. The summed E-state index contributed by atoms with van der Waals surface area (Å²) in [5.41, 5.74) is 1.78. The maximum Gasteiger partial charge on any atom is 0.318 e. The zero-order chi connectivity index (χ0) is 22.0. The molecule has 0 aromatic heterocycles. The first-order valence-corrected chi connectivity index (χ1v) is 9.51. The van der Waals surface area contributed by atoms with E-state index in [2.05, 4.69) is 5.32 Å². The van der Waals surface area contributed by atoms with E-state index in [1.54, 1.807) is 61.5 Å². The van der Waals surface area contributed by atoms with Gasteiger partial charge in [0.25, 0.3) is 11.6 Å². The lowest BCUT2D eigenvalue weighted by atomic mass is 9.88. The van der Waals surface area contributed by atoms with Crippen molar-refractivity contribution in [2.45, 2.75) is 12.8 Å². The minimum absolute atomic E-state index is 0.0402. The van der Waals surface area contributed by atoms with Crippen molar-refractivity contribution in [3.63, 3.8) is 0 Å². The van der Waals surface area contributed by atoms with Gasteiger partial charge in [0.1, 0.15) is 23.1 Å². The van der Waals surface area contributed by atoms with Crippen molar-refractivity contribution >= 4 is 23.3 Å². The number of hydrogen-bond donors (Lipinski definition) is 1. The summed E-state index contributed by atoms with van der Waals surface area (Å²) in [4.78, 5) is 35.9. The van der Waals surface area contributed by atoms with E-state index in [4.69, 9.17) is 9.47 Å². The summed E-state index contributed by atoms with van der Waals surface area (Å²) < 4.78 is 11.1. The molecule has 0 unspecified atom stereocenters. The fraction of sp³-hybridized carbons (Fsp3) is 0.130. The average Bonchev–Trinajstić information content (AvgIpc) is 2.76. The third kappa shape index (κ3) is 4.09. The van der Waals surface area contributed by atoms with E-state index >= 15 is 0 Å². The third-order valence-corrected chi connectivity index (χ3v) is 4.89. The zero-order valence-electron chi connectivity index (χ0n) is 16.5. The molecule has 0 atom stereocenters. The summed E-state index contributed by atoms with van der Waals surface area (Å²) >= 11 is 0. The molecular formula is C23H18N2O6. The molecule has 0 spiro atoms. The highest BCUT2D eigenvalue weighted by molar-refractivity contribution is 5.95. The number of fused-ring (bicyclic) bond motifs is 2. The number of ether oxygens (including phenoxy) is 2. The van der Waals surface area contributed by atoms with Crippen LogP contribution in [-0.4, -0.2) is 23.4 Å². The van der Waals surface area contributed by atoms with Gasteiger partial charge in [-0.05, 0) is 30.7 Å². The zero-order valence-corrected chi connectivity index (χ0v) is 16.5. The molecule has 31 heavy (non-hydrogen) atoms. The van der Waals surface area contributed by atoms with E-state index in [0.29, 0.717) is 28.2 Å². The molecule has 1 amide bonds. The second-order valence-corrected chi connectivity index (χ2v) is 7.04. The molecule has 3 aromatic carbocycles. The monoisotopic (exact) mass is 418 g/mol. The maximum atomic E-state index is 12.9. The van der Waals surface area contributed by atoms with Gasteiger partial charge in [0.2, 0.25) is 0 Å². The molecule has 0 saturated carbocycles. The summed E-state index contributed by atoms with van der Waals surface area (Å²) in [6.07, 6.45) is 0. The molecule has 1 N–H and O–H groups in total. The molecule has 1 aliphatic heterocycles. The minimum atomic E-state index is -0.748. The van der Waals surface area contributed by atoms with Crippen molar-refractivity contribution in [3.05, 3.63) is 93.5 Å². The molecule has 0 fully saturated rings. The summed E-state index contributed by atoms with van der Waals surface area (Å²) in [6, 6.07) is 18.7. The van der Waals surface area contributed by atoms with E-state index in [9.17, 15) is 19.7 Å². The van der Waals surface area contributed by atoms with Crippen LogP contribution < -0.4 is 10.1 Å². The SMILES string of the molecule is Cc1ccc(NC(=O)COC(=O)C2c3ccccc3Oc3ccccc32)c([N+](=O)[O-])c1. The number of rotatable bonds is 5. The van der Waals surface area contributed by atoms with Crippen molar-refractivity contribution in [3.8, 4) is 11.5 Å². The number of carbonyl (C=O) groups excluding carboxylic acids is 2. The Labute approximate surface area is 177 Å². The number of nitrogens with zero attached hydrogens (tertiary/aromatic N) is 1. The number of anilines is 1. The van der Waals surface area contributed by atoms with Gasteiger partial charge >= 0.3 is 5.97 Å². The van der Waals surface area contributed by atoms with Crippen LogP contribution in [0.1, 0.15) is 22.6 Å². The van der Waals surface area contributed by atoms with E-state index in [0.717, 1.165) is 0 Å². The fourth-order valence-corrected chi connectivity index (χ4v) is 3.47. The summed E-state index contributed by atoms with van der Waals surface area (Å²) in [5.74, 6) is -0.945. The molecule has 3 aromatic rings. The van der Waals surface area contributed by atoms with E-state index in [-0.39, 0.29) is 11.4 Å². The summed E-state index contributed by atoms with van der Waals surface area (Å²) in [6.45, 7) is 1.13. The lowest BCUT2D eigenvalue weighted by Gasteiger charge is -2.26. The Morgan fingerprint density at radius 2 is 1.65 bits per heavy atom. The number of benzene rings is 3. The van der Waals surface area contributed by atoms with Crippen molar-refractivity contribution in [1.82, 2.24) is 0 Å². The number of amides is 1. The molecular weight excluding hydrogens is 400 g/mol. The Kier molecular flexibility index (Phi) is 5.36. The maximum absolute atomic E-state index is 12.9. The minimum Gasteiger partial charge on any atom is -0.457 e. The lowest BCUT2D eigenvalue weighted by Crippen LogP contribution is -2.26. The second kappa shape index (κ2) is 8.27. The van der Waals surface area contributed by atoms with Gasteiger partial charge in [-0.25, -0.2) is 0 Å². The number of nitrogens with one attached hydrogen (secondary N) is 1. The van der Waals surface area contributed by atoms with Crippen LogP contribution in [-0.2, 0) is 14.3 Å². The highest BCUT2D eigenvalue weighted by Gasteiger charge is 2.34. The van der Waals surface area contributed by atoms with Crippen molar-refractivity contribution in [1.29, 1.82) is 0 Å². The quantitative estimate of drug-likeness (QED) is 0.376. The number of carbonyl (C=O) groups is 2. The molecule has 0 bridgehead atoms. The normalized spacial score (nSPS) is 12.2. The molecule has 0 radical (unpaired) electrons. The van der Waals surface area contributed by atoms with Crippen molar-refractivity contribution < 1.29 is 24.0 Å². The van der Waals surface area contributed by atoms with Crippen LogP contribution in [0.15, 0.2) is 66.7 Å². The first-order valence-electron chi connectivity index (χ1n) is 9.51. The number of nitro benzene ring substituents is 1. The van der Waals surface area contributed by atoms with Crippen LogP contribution in [0.5, 0.6) is 11.5 Å². The van der Waals surface area contributed by atoms with Crippen molar-refractivity contribution in [2.24, 2.45) is 0 Å². The molecule has 1 aliphatic rings. The number of para-hydroxylation sites is 2. The Morgan fingerprint density at radius 3 is 2.26 bits per heavy atom. The van der Waals surface area contributed by atoms with Crippen LogP contribution in [0.3, 0.4) is 0 Å². The summed E-state index contributed by atoms with van der Waals surface area (Å²) in [7, 11) is 0. The van der Waals surface area contributed by atoms with E-state index in [1.165, 1.54) is 12.1 Å². The third-order valence-electron chi connectivity index (χ3n) is 4.89. The van der Waals surface area contributed by atoms with Crippen LogP contribution >= 0.6 is 0 Å². The predicted octanol–water partition coefficient (Wildman–Crippen LogP) is 4.32. The number of esters is 1. The molecule has 0 aliphatic carbocycles. The van der Waals surface area contributed by atoms with E-state index < -0.39 is 29.3 Å². The number of hydrogen-bond acceptors (Lipinski definition) is 6. The number of nitro groups is 1.